The number of nitrogens with zero attached hydrogens (tertiary/aromatic N) is 2. The van der Waals surface area contributed by atoms with Gasteiger partial charge in [0.05, 0.1) is 12.6 Å². The Bertz CT molecular complexity index is 1050. The van der Waals surface area contributed by atoms with Crippen molar-refractivity contribution in [3.05, 3.63) is 42.2 Å². The molecule has 5 N–H and O–H groups in total. The van der Waals surface area contributed by atoms with Gasteiger partial charge >= 0.3 is 5.97 Å². The van der Waals surface area contributed by atoms with Crippen LogP contribution in [0, 0.1) is 5.92 Å². The normalized spacial score (nSPS) is 20.5. The van der Waals surface area contributed by atoms with Gasteiger partial charge in [0.1, 0.15) is 12.2 Å². The van der Waals surface area contributed by atoms with E-state index in [1.807, 2.05) is 24.3 Å². The number of hydrogen-bond acceptors (Lipinski definition) is 6. The number of aromatic nitrogens is 1. The molecule has 1 saturated heterocycles. The average Bonchev–Trinajstić information content (AvgIpc) is 3.36. The Morgan fingerprint density at radius 2 is 1.89 bits per heavy atom. The van der Waals surface area contributed by atoms with Crippen LogP contribution in [0.1, 0.15) is 63.1 Å². The van der Waals surface area contributed by atoms with E-state index in [4.69, 9.17) is 10.8 Å². The molecular formula is C26H35N5O4. The highest BCUT2D eigenvalue weighted by Crippen LogP contribution is 2.29. The Hall–Kier alpha value is -3.04. The third-order valence-corrected chi connectivity index (χ3v) is 7.25. The Morgan fingerprint density at radius 3 is 2.66 bits per heavy atom. The van der Waals surface area contributed by atoms with Crippen LogP contribution in [0.5, 0.6) is 0 Å². The highest BCUT2D eigenvalue weighted by molar-refractivity contribution is 5.91. The molecule has 1 aliphatic carbocycles. The van der Waals surface area contributed by atoms with Gasteiger partial charge in [-0.25, -0.2) is 0 Å². The molecule has 1 aromatic carbocycles. The molecule has 188 valence electrons. The maximum absolute atomic E-state index is 13.5. The van der Waals surface area contributed by atoms with E-state index in [2.05, 4.69) is 15.6 Å². The second-order valence-electron chi connectivity index (χ2n) is 9.73. The molecular weight excluding hydrogens is 446 g/mol. The zero-order valence-corrected chi connectivity index (χ0v) is 20.0. The molecule has 9 nitrogen and oxygen atoms in total. The predicted molar refractivity (Wildman–Crippen MR) is 132 cm³/mol. The molecule has 1 unspecified atom stereocenters. The number of fused-ring (bicyclic) bond motifs is 1. The second-order valence-corrected chi connectivity index (χ2v) is 9.73. The van der Waals surface area contributed by atoms with Crippen LogP contribution in [-0.2, 0) is 14.4 Å². The SMILES string of the molecule is NC(NC(=O)[C@@H]1CCCN1C(=O)[C@@H](CC1CCCCC1)NCC(=O)O)c1ccc2cnccc2c1. The monoisotopic (exact) mass is 481 g/mol. The molecule has 3 atom stereocenters. The molecule has 2 fully saturated rings. The lowest BCUT2D eigenvalue weighted by Crippen LogP contribution is -2.54. The number of nitrogens with one attached hydrogen (secondary N) is 2. The number of benzene rings is 1. The maximum atomic E-state index is 13.5. The Kier molecular flexibility index (Phi) is 8.30. The molecule has 2 amide bonds. The van der Waals surface area contributed by atoms with Gasteiger partial charge in [-0.2, -0.15) is 0 Å². The van der Waals surface area contributed by atoms with Crippen molar-refractivity contribution in [1.82, 2.24) is 20.5 Å². The largest absolute Gasteiger partial charge is 0.480 e. The van der Waals surface area contributed by atoms with Crippen molar-refractivity contribution in [2.75, 3.05) is 13.1 Å². The van der Waals surface area contributed by atoms with Crippen molar-refractivity contribution in [2.45, 2.75) is 69.6 Å². The summed E-state index contributed by atoms with van der Waals surface area (Å²) in [5.74, 6) is -1.08. The number of pyridine rings is 1. The van der Waals surface area contributed by atoms with Crippen LogP contribution in [-0.4, -0.2) is 57.9 Å². The van der Waals surface area contributed by atoms with Gasteiger partial charge < -0.3 is 21.1 Å². The summed E-state index contributed by atoms with van der Waals surface area (Å²) < 4.78 is 0. The lowest BCUT2D eigenvalue weighted by Gasteiger charge is -2.32. The molecule has 9 heteroatoms. The Balaban J connectivity index is 1.42. The van der Waals surface area contributed by atoms with Crippen molar-refractivity contribution in [3.63, 3.8) is 0 Å². The molecule has 0 bridgehead atoms. The van der Waals surface area contributed by atoms with E-state index in [1.165, 1.54) is 6.42 Å². The molecule has 2 aliphatic rings. The van der Waals surface area contributed by atoms with E-state index in [1.54, 1.807) is 17.3 Å². The molecule has 1 aromatic heterocycles. The highest BCUT2D eigenvalue weighted by Gasteiger charge is 2.38. The van der Waals surface area contributed by atoms with Gasteiger partial charge in [-0.15, -0.1) is 0 Å². The van der Waals surface area contributed by atoms with Crippen LogP contribution in [0.3, 0.4) is 0 Å². The smallest absolute Gasteiger partial charge is 0.317 e. The molecule has 35 heavy (non-hydrogen) atoms. The number of carboxylic acids is 1. The fourth-order valence-electron chi connectivity index (χ4n) is 5.37. The summed E-state index contributed by atoms with van der Waals surface area (Å²) in [5.41, 5.74) is 7.08. The predicted octanol–water partition coefficient (Wildman–Crippen LogP) is 2.31. The number of amides is 2. The van der Waals surface area contributed by atoms with Gasteiger partial charge in [0, 0.05) is 24.3 Å². The van der Waals surface area contributed by atoms with Gasteiger partial charge in [-0.3, -0.25) is 24.7 Å². The number of rotatable bonds is 9. The van der Waals surface area contributed by atoms with Gasteiger partial charge in [-0.05, 0) is 48.3 Å². The minimum atomic E-state index is -1.00. The molecule has 4 rings (SSSR count). The number of aliphatic carboxylic acids is 1. The summed E-state index contributed by atoms with van der Waals surface area (Å²) >= 11 is 0. The van der Waals surface area contributed by atoms with Gasteiger partial charge in [0.25, 0.3) is 0 Å². The number of carbonyl (C=O) groups is 3. The van der Waals surface area contributed by atoms with E-state index >= 15 is 0 Å². The lowest BCUT2D eigenvalue weighted by atomic mass is 9.84. The highest BCUT2D eigenvalue weighted by atomic mass is 16.4. The number of nitrogens with two attached hydrogens (primary N) is 1. The van der Waals surface area contributed by atoms with Crippen molar-refractivity contribution in [2.24, 2.45) is 11.7 Å². The van der Waals surface area contributed by atoms with E-state index in [0.29, 0.717) is 25.3 Å². The van der Waals surface area contributed by atoms with E-state index in [0.717, 1.165) is 48.4 Å². The number of hydrogen-bond donors (Lipinski definition) is 4. The van der Waals surface area contributed by atoms with Crippen LogP contribution < -0.4 is 16.4 Å². The first-order valence-corrected chi connectivity index (χ1v) is 12.6. The Labute approximate surface area is 205 Å². The fourth-order valence-corrected chi connectivity index (χ4v) is 5.37. The first-order valence-electron chi connectivity index (χ1n) is 12.6. The molecule has 0 radical (unpaired) electrons. The van der Waals surface area contributed by atoms with Crippen LogP contribution in [0.25, 0.3) is 10.8 Å². The van der Waals surface area contributed by atoms with Gasteiger partial charge in [0.2, 0.25) is 11.8 Å². The first-order chi connectivity index (χ1) is 16.9. The van der Waals surface area contributed by atoms with Crippen molar-refractivity contribution < 1.29 is 19.5 Å². The topological polar surface area (TPSA) is 138 Å². The standard InChI is InChI=1S/C26H35N5O4/c27-24(19-8-9-20-15-28-11-10-18(20)14-19)30-25(34)22-7-4-12-31(22)26(35)21(29-16-23(32)33)13-17-5-2-1-3-6-17/h8-11,14-15,17,21-22,24,29H,1-7,12-13,16,27H2,(H,30,34)(H,32,33)/t21-,22+,24?/m1/s1. The Morgan fingerprint density at radius 1 is 1.09 bits per heavy atom. The molecule has 1 aliphatic heterocycles. The number of carboxylic acid groups (broad SMARTS) is 1. The fraction of sp³-hybridized carbons (Fsp3) is 0.538. The number of likely N-dealkylation sites (tertiary alicyclic amines) is 1. The molecule has 2 aromatic rings. The summed E-state index contributed by atoms with van der Waals surface area (Å²) in [5, 5.41) is 16.9. The summed E-state index contributed by atoms with van der Waals surface area (Å²) in [6.07, 6.45) is 10.3. The minimum absolute atomic E-state index is 0.193. The van der Waals surface area contributed by atoms with Gasteiger partial charge in [0.15, 0.2) is 0 Å². The number of carbonyl (C=O) groups excluding carboxylic acids is 2. The van der Waals surface area contributed by atoms with Crippen LogP contribution in [0.4, 0.5) is 0 Å². The van der Waals surface area contributed by atoms with Gasteiger partial charge in [-0.1, -0.05) is 44.2 Å². The van der Waals surface area contributed by atoms with Crippen LogP contribution >= 0.6 is 0 Å². The van der Waals surface area contributed by atoms with E-state index in [9.17, 15) is 14.4 Å². The second kappa shape index (κ2) is 11.6. The van der Waals surface area contributed by atoms with Crippen molar-refractivity contribution >= 4 is 28.6 Å². The summed E-state index contributed by atoms with van der Waals surface area (Å²) in [4.78, 5) is 43.6. The molecule has 1 saturated carbocycles. The minimum Gasteiger partial charge on any atom is -0.480 e. The van der Waals surface area contributed by atoms with Crippen molar-refractivity contribution in [3.8, 4) is 0 Å². The summed E-state index contributed by atoms with van der Waals surface area (Å²) in [6, 6.07) is 6.38. The first kappa shape index (κ1) is 25.1. The zero-order valence-electron chi connectivity index (χ0n) is 20.0. The van der Waals surface area contributed by atoms with E-state index < -0.39 is 24.2 Å². The third kappa shape index (κ3) is 6.35. The average molecular weight is 482 g/mol. The lowest BCUT2D eigenvalue weighted by molar-refractivity contribution is -0.141. The van der Waals surface area contributed by atoms with Crippen LogP contribution in [0.2, 0.25) is 0 Å². The van der Waals surface area contributed by atoms with Crippen LogP contribution in [0.15, 0.2) is 36.7 Å². The maximum Gasteiger partial charge on any atom is 0.317 e. The molecule has 0 spiro atoms. The zero-order chi connectivity index (χ0) is 24.8. The van der Waals surface area contributed by atoms with Crippen molar-refractivity contribution in [1.29, 1.82) is 0 Å². The summed E-state index contributed by atoms with van der Waals surface area (Å²) in [7, 11) is 0. The van der Waals surface area contributed by atoms with E-state index in [-0.39, 0.29) is 18.4 Å². The third-order valence-electron chi connectivity index (χ3n) is 7.25. The quantitative estimate of drug-likeness (QED) is 0.403. The summed E-state index contributed by atoms with van der Waals surface area (Å²) in [6.45, 7) is 0.196. The molecule has 2 heterocycles.